The molecule has 182 valence electrons. The second-order valence-electron chi connectivity index (χ2n) is 7.75. The van der Waals surface area contributed by atoms with Gasteiger partial charge in [-0.3, -0.25) is 4.90 Å². The second kappa shape index (κ2) is 13.2. The normalized spacial score (nSPS) is 14.8. The molecule has 34 heavy (non-hydrogen) atoms. The van der Waals surface area contributed by atoms with Gasteiger partial charge in [-0.05, 0) is 42.0 Å². The molecular weight excluding hydrogens is 462 g/mol. The molecule has 0 spiro atoms. The fourth-order valence-electron chi connectivity index (χ4n) is 3.80. The van der Waals surface area contributed by atoms with Gasteiger partial charge in [-0.1, -0.05) is 41.9 Å². The van der Waals surface area contributed by atoms with Crippen LogP contribution in [-0.2, 0) is 0 Å². The number of benzene rings is 3. The molecule has 0 aliphatic carbocycles. The maximum Gasteiger partial charge on any atom is 0.123 e. The van der Waals surface area contributed by atoms with E-state index >= 15 is 0 Å². The van der Waals surface area contributed by atoms with Gasteiger partial charge in [0.2, 0.25) is 0 Å². The number of rotatable bonds is 7. The third-order valence-corrected chi connectivity index (χ3v) is 5.84. The van der Waals surface area contributed by atoms with Crippen LogP contribution in [0.3, 0.4) is 0 Å². The van der Waals surface area contributed by atoms with Crippen LogP contribution in [0.2, 0.25) is 5.02 Å². The fraction of sp³-hybridized carbons (Fsp3) is 0.308. The van der Waals surface area contributed by atoms with Crippen molar-refractivity contribution in [3.05, 3.63) is 95.0 Å². The molecule has 1 aliphatic rings. The summed E-state index contributed by atoms with van der Waals surface area (Å²) in [6.07, 6.45) is 0. The lowest BCUT2D eigenvalue weighted by Crippen LogP contribution is -2.48. The van der Waals surface area contributed by atoms with Gasteiger partial charge in [0.05, 0.1) is 30.0 Å². The van der Waals surface area contributed by atoms with Crippen LogP contribution in [0.25, 0.3) is 0 Å². The van der Waals surface area contributed by atoms with Crippen molar-refractivity contribution >= 4 is 17.3 Å². The molecule has 0 aromatic heterocycles. The van der Waals surface area contributed by atoms with E-state index in [-0.39, 0.29) is 37.5 Å². The molecule has 3 aromatic rings. The molecule has 3 aromatic carbocycles. The highest BCUT2D eigenvalue weighted by Gasteiger charge is 2.25. The quantitative estimate of drug-likeness (QED) is 0.509. The van der Waals surface area contributed by atoms with E-state index in [4.69, 9.17) is 21.4 Å². The Morgan fingerprint density at radius 2 is 1.50 bits per heavy atom. The first-order chi connectivity index (χ1) is 16.5. The number of hydrogen-bond acceptors (Lipinski definition) is 5. The van der Waals surface area contributed by atoms with Crippen molar-refractivity contribution in [2.45, 2.75) is 6.04 Å². The molecule has 1 saturated heterocycles. The summed E-state index contributed by atoms with van der Waals surface area (Å²) >= 11 is 6.41. The molecule has 0 amide bonds. The van der Waals surface area contributed by atoms with Crippen LogP contribution in [0.5, 0.6) is 5.75 Å². The van der Waals surface area contributed by atoms with E-state index in [0.717, 1.165) is 37.4 Å². The number of piperazine rings is 1. The summed E-state index contributed by atoms with van der Waals surface area (Å²) in [5.74, 6) is 0.178. The van der Waals surface area contributed by atoms with Gasteiger partial charge in [-0.25, -0.2) is 8.78 Å². The van der Waals surface area contributed by atoms with Crippen LogP contribution in [-0.4, -0.2) is 61.1 Å². The Morgan fingerprint density at radius 1 is 0.853 bits per heavy atom. The molecule has 8 heteroatoms. The zero-order valence-corrected chi connectivity index (χ0v) is 19.5. The zero-order chi connectivity index (χ0) is 24.3. The van der Waals surface area contributed by atoms with Gasteiger partial charge in [0.15, 0.2) is 0 Å². The third kappa shape index (κ3) is 7.40. The summed E-state index contributed by atoms with van der Waals surface area (Å²) in [5.41, 5.74) is 1.85. The Bertz CT molecular complexity index is 1000. The molecule has 5 nitrogen and oxygen atoms in total. The molecule has 1 atom stereocenters. The lowest BCUT2D eigenvalue weighted by atomic mass is 10.0. The first-order valence-electron chi connectivity index (χ1n) is 11.1. The molecule has 0 bridgehead atoms. The van der Waals surface area contributed by atoms with Gasteiger partial charge in [0, 0.05) is 32.2 Å². The summed E-state index contributed by atoms with van der Waals surface area (Å²) in [5, 5.41) is 19.3. The lowest BCUT2D eigenvalue weighted by Gasteiger charge is -2.40. The Labute approximate surface area is 203 Å². The van der Waals surface area contributed by atoms with Crippen LogP contribution in [0, 0.1) is 11.6 Å². The van der Waals surface area contributed by atoms with E-state index in [1.807, 2.05) is 12.1 Å². The van der Waals surface area contributed by atoms with Crippen molar-refractivity contribution in [2.75, 3.05) is 50.9 Å². The van der Waals surface area contributed by atoms with Gasteiger partial charge < -0.3 is 19.8 Å². The molecule has 1 unspecified atom stereocenters. The minimum absolute atomic E-state index is 0.0106. The Kier molecular flexibility index (Phi) is 10.1. The maximum atomic E-state index is 13.2. The highest BCUT2D eigenvalue weighted by Crippen LogP contribution is 2.31. The fourth-order valence-corrected chi connectivity index (χ4v) is 4.09. The average molecular weight is 491 g/mol. The topological polar surface area (TPSA) is 56.2 Å². The molecule has 1 heterocycles. The number of nitrogens with zero attached hydrogens (tertiary/aromatic N) is 2. The molecule has 4 rings (SSSR count). The highest BCUT2D eigenvalue weighted by molar-refractivity contribution is 6.33. The Morgan fingerprint density at radius 3 is 2.03 bits per heavy atom. The molecule has 2 N–H and O–H groups in total. The predicted molar refractivity (Wildman–Crippen MR) is 130 cm³/mol. The first kappa shape index (κ1) is 25.9. The molecule has 1 fully saturated rings. The SMILES string of the molecule is Fc1ccccc1.OCCOc1ccc(N2CCN(C(CO)c3ccc(F)cc3)CC2)c(Cl)c1. The second-order valence-corrected chi connectivity index (χ2v) is 8.16. The van der Waals surface area contributed by atoms with Crippen LogP contribution in [0.15, 0.2) is 72.8 Å². The summed E-state index contributed by atoms with van der Waals surface area (Å²) in [6, 6.07) is 19.6. The minimum atomic E-state index is -0.277. The van der Waals surface area contributed by atoms with Gasteiger partial charge >= 0.3 is 0 Å². The van der Waals surface area contributed by atoms with Crippen molar-refractivity contribution < 1.29 is 23.7 Å². The van der Waals surface area contributed by atoms with Gasteiger partial charge in [0.1, 0.15) is 24.0 Å². The van der Waals surface area contributed by atoms with E-state index in [2.05, 4.69) is 9.80 Å². The van der Waals surface area contributed by atoms with Crippen molar-refractivity contribution in [3.63, 3.8) is 0 Å². The predicted octanol–water partition coefficient (Wildman–Crippen LogP) is 4.53. The van der Waals surface area contributed by atoms with Crippen LogP contribution >= 0.6 is 11.6 Å². The zero-order valence-electron chi connectivity index (χ0n) is 18.8. The Hall–Kier alpha value is -2.71. The summed E-state index contributed by atoms with van der Waals surface area (Å²) < 4.78 is 30.4. The van der Waals surface area contributed by atoms with E-state index in [0.29, 0.717) is 10.8 Å². The average Bonchev–Trinajstić information content (AvgIpc) is 2.86. The maximum absolute atomic E-state index is 13.2. The van der Waals surface area contributed by atoms with Gasteiger partial charge in [-0.15, -0.1) is 0 Å². The van der Waals surface area contributed by atoms with Crippen molar-refractivity contribution in [3.8, 4) is 5.75 Å². The summed E-state index contributed by atoms with van der Waals surface area (Å²) in [6.45, 7) is 3.26. The van der Waals surface area contributed by atoms with Gasteiger partial charge in [-0.2, -0.15) is 0 Å². The van der Waals surface area contributed by atoms with Crippen LogP contribution in [0.1, 0.15) is 11.6 Å². The van der Waals surface area contributed by atoms with E-state index in [1.54, 1.807) is 36.4 Å². The number of anilines is 1. The van der Waals surface area contributed by atoms with Crippen LogP contribution in [0.4, 0.5) is 14.5 Å². The summed E-state index contributed by atoms with van der Waals surface area (Å²) in [4.78, 5) is 4.41. The van der Waals surface area contributed by atoms with Crippen LogP contribution < -0.4 is 9.64 Å². The van der Waals surface area contributed by atoms with E-state index < -0.39 is 0 Å². The first-order valence-corrected chi connectivity index (χ1v) is 11.5. The number of hydrogen-bond donors (Lipinski definition) is 2. The number of aliphatic hydroxyl groups excluding tert-OH is 2. The molecule has 0 saturated carbocycles. The van der Waals surface area contributed by atoms with E-state index in [1.165, 1.54) is 24.3 Å². The largest absolute Gasteiger partial charge is 0.491 e. The third-order valence-electron chi connectivity index (χ3n) is 5.54. The smallest absolute Gasteiger partial charge is 0.123 e. The number of ether oxygens (including phenoxy) is 1. The molecule has 0 radical (unpaired) electrons. The van der Waals surface area contributed by atoms with Crippen molar-refractivity contribution in [1.82, 2.24) is 4.90 Å². The monoisotopic (exact) mass is 490 g/mol. The number of aliphatic hydroxyl groups is 2. The highest BCUT2D eigenvalue weighted by atomic mass is 35.5. The lowest BCUT2D eigenvalue weighted by molar-refractivity contribution is 0.117. The standard InChI is InChI=1S/C20H24ClFN2O3.C6H5F/c21-18-13-17(27-12-11-25)5-6-19(18)23-7-9-24(10-8-23)20(14-26)15-1-3-16(22)4-2-15;7-6-4-2-1-3-5-6/h1-6,13,20,25-26H,7-12,14H2;1-5H. The molecule has 1 aliphatic heterocycles. The van der Waals surface area contributed by atoms with E-state index in [9.17, 15) is 13.9 Å². The Balaban J connectivity index is 0.000000396. The summed E-state index contributed by atoms with van der Waals surface area (Å²) in [7, 11) is 0. The molecular formula is C26H29ClF2N2O3. The minimum Gasteiger partial charge on any atom is -0.491 e. The van der Waals surface area contributed by atoms with Crippen molar-refractivity contribution in [2.24, 2.45) is 0 Å². The van der Waals surface area contributed by atoms with Gasteiger partial charge in [0.25, 0.3) is 0 Å². The van der Waals surface area contributed by atoms with Crippen molar-refractivity contribution in [1.29, 1.82) is 0 Å². The number of halogens is 3.